The second kappa shape index (κ2) is 6.84. The van der Waals surface area contributed by atoms with Crippen molar-refractivity contribution in [3.8, 4) is 11.5 Å². The normalized spacial score (nSPS) is 11.2. The van der Waals surface area contributed by atoms with Crippen LogP contribution in [0.2, 0.25) is 0 Å². The Balaban J connectivity index is 1.97. The Morgan fingerprint density at radius 3 is 2.83 bits per heavy atom. The van der Waals surface area contributed by atoms with Crippen molar-refractivity contribution in [1.29, 1.82) is 0 Å². The van der Waals surface area contributed by atoms with Gasteiger partial charge in [-0.25, -0.2) is 4.98 Å². The quantitative estimate of drug-likeness (QED) is 0.680. The van der Waals surface area contributed by atoms with Gasteiger partial charge in [0.1, 0.15) is 17.0 Å². The van der Waals surface area contributed by atoms with E-state index in [1.807, 2.05) is 61.5 Å². The van der Waals surface area contributed by atoms with Gasteiger partial charge in [-0.2, -0.15) is 0 Å². The molecule has 0 unspecified atom stereocenters. The average Bonchev–Trinajstić information content (AvgIpc) is 2.56. The lowest BCUT2D eigenvalue weighted by molar-refractivity contribution is 0.339. The first kappa shape index (κ1) is 15.6. The van der Waals surface area contributed by atoms with Gasteiger partial charge in [0.25, 0.3) is 0 Å². The molecule has 1 heterocycles. The summed E-state index contributed by atoms with van der Waals surface area (Å²) in [6.45, 7) is 2.58. The van der Waals surface area contributed by atoms with Crippen molar-refractivity contribution in [3.05, 3.63) is 64.3 Å². The van der Waals surface area contributed by atoms with Crippen LogP contribution in [0.3, 0.4) is 0 Å². The van der Waals surface area contributed by atoms with Crippen LogP contribution in [-0.2, 0) is 0 Å². The van der Waals surface area contributed by atoms with E-state index in [1.165, 1.54) is 0 Å². The van der Waals surface area contributed by atoms with Crippen molar-refractivity contribution in [2.75, 3.05) is 6.61 Å². The van der Waals surface area contributed by atoms with Crippen LogP contribution in [0.25, 0.3) is 23.1 Å². The van der Waals surface area contributed by atoms with Crippen molar-refractivity contribution >= 4 is 39.0 Å². The van der Waals surface area contributed by atoms with Crippen LogP contribution >= 0.6 is 15.9 Å². The predicted octanol–water partition coefficient (Wildman–Crippen LogP) is 5.27. The zero-order valence-electron chi connectivity index (χ0n) is 12.7. The fourth-order valence-electron chi connectivity index (χ4n) is 2.35. The molecule has 0 amide bonds. The van der Waals surface area contributed by atoms with Gasteiger partial charge in [0, 0.05) is 15.4 Å². The van der Waals surface area contributed by atoms with Crippen LogP contribution in [0.1, 0.15) is 18.2 Å². The van der Waals surface area contributed by atoms with Crippen LogP contribution in [0, 0.1) is 0 Å². The standard InChI is InChI=1S/C19H16BrNO2/c1-2-23-18-11-8-15(20)12-14(18)7-10-16-9-6-13-4-3-5-17(22)19(13)21-16/h3-12,22H,2H2,1H3/b10-7+. The Bertz CT molecular complexity index is 874. The summed E-state index contributed by atoms with van der Waals surface area (Å²) in [5, 5.41) is 10.8. The minimum atomic E-state index is 0.190. The molecule has 0 aliphatic carbocycles. The molecule has 3 nitrogen and oxygen atoms in total. The van der Waals surface area contributed by atoms with Crippen molar-refractivity contribution < 1.29 is 9.84 Å². The molecule has 0 fully saturated rings. The highest BCUT2D eigenvalue weighted by Gasteiger charge is 2.03. The number of fused-ring (bicyclic) bond motifs is 1. The first-order valence-electron chi connectivity index (χ1n) is 7.36. The van der Waals surface area contributed by atoms with E-state index in [4.69, 9.17) is 4.74 Å². The van der Waals surface area contributed by atoms with E-state index in [1.54, 1.807) is 6.07 Å². The molecule has 0 bridgehead atoms. The number of hydrogen-bond acceptors (Lipinski definition) is 3. The van der Waals surface area contributed by atoms with E-state index in [9.17, 15) is 5.11 Å². The third-order valence-corrected chi connectivity index (χ3v) is 3.92. The molecule has 23 heavy (non-hydrogen) atoms. The fourth-order valence-corrected chi connectivity index (χ4v) is 2.73. The summed E-state index contributed by atoms with van der Waals surface area (Å²) in [6, 6.07) is 15.1. The molecule has 0 aliphatic rings. The fraction of sp³-hybridized carbons (Fsp3) is 0.105. The van der Waals surface area contributed by atoms with E-state index >= 15 is 0 Å². The lowest BCUT2D eigenvalue weighted by Gasteiger charge is -2.07. The summed E-state index contributed by atoms with van der Waals surface area (Å²) in [5.41, 5.74) is 2.36. The Labute approximate surface area is 143 Å². The number of benzene rings is 2. The number of halogens is 1. The summed E-state index contributed by atoms with van der Waals surface area (Å²) in [7, 11) is 0. The molecular formula is C19H16BrNO2. The Kier molecular flexibility index (Phi) is 4.63. The number of nitrogens with zero attached hydrogens (tertiary/aromatic N) is 1. The molecule has 0 radical (unpaired) electrons. The number of hydrogen-bond donors (Lipinski definition) is 1. The molecular weight excluding hydrogens is 354 g/mol. The highest BCUT2D eigenvalue weighted by molar-refractivity contribution is 9.10. The molecule has 2 aromatic carbocycles. The van der Waals surface area contributed by atoms with Crippen molar-refractivity contribution in [3.63, 3.8) is 0 Å². The van der Waals surface area contributed by atoms with Crippen LogP contribution in [-0.4, -0.2) is 16.7 Å². The zero-order chi connectivity index (χ0) is 16.2. The summed E-state index contributed by atoms with van der Waals surface area (Å²) < 4.78 is 6.63. The van der Waals surface area contributed by atoms with Crippen molar-refractivity contribution in [2.45, 2.75) is 6.92 Å². The second-order valence-corrected chi connectivity index (χ2v) is 5.95. The molecule has 0 aliphatic heterocycles. The van der Waals surface area contributed by atoms with Gasteiger partial charge < -0.3 is 9.84 Å². The number of phenolic OH excluding ortho intramolecular Hbond substituents is 1. The van der Waals surface area contributed by atoms with Crippen LogP contribution < -0.4 is 4.74 Å². The molecule has 3 rings (SSSR count). The number of ether oxygens (including phenoxy) is 1. The molecule has 0 spiro atoms. The Morgan fingerprint density at radius 2 is 2.00 bits per heavy atom. The largest absolute Gasteiger partial charge is 0.506 e. The van der Waals surface area contributed by atoms with E-state index in [-0.39, 0.29) is 5.75 Å². The van der Waals surface area contributed by atoms with Gasteiger partial charge in [0.2, 0.25) is 0 Å². The minimum absolute atomic E-state index is 0.190. The number of aromatic nitrogens is 1. The maximum Gasteiger partial charge on any atom is 0.141 e. The van der Waals surface area contributed by atoms with E-state index < -0.39 is 0 Å². The van der Waals surface area contributed by atoms with Crippen LogP contribution in [0.15, 0.2) is 53.0 Å². The monoisotopic (exact) mass is 369 g/mol. The van der Waals surface area contributed by atoms with E-state index in [2.05, 4.69) is 20.9 Å². The smallest absolute Gasteiger partial charge is 0.141 e. The molecule has 3 aromatic rings. The molecule has 4 heteroatoms. The third-order valence-electron chi connectivity index (χ3n) is 3.43. The summed E-state index contributed by atoms with van der Waals surface area (Å²) >= 11 is 3.48. The highest BCUT2D eigenvalue weighted by Crippen LogP contribution is 2.26. The lowest BCUT2D eigenvalue weighted by atomic mass is 10.1. The summed E-state index contributed by atoms with van der Waals surface area (Å²) in [4.78, 5) is 4.50. The zero-order valence-corrected chi connectivity index (χ0v) is 14.2. The lowest BCUT2D eigenvalue weighted by Crippen LogP contribution is -1.93. The number of pyridine rings is 1. The van der Waals surface area contributed by atoms with Crippen molar-refractivity contribution in [2.24, 2.45) is 0 Å². The van der Waals surface area contributed by atoms with Gasteiger partial charge in [-0.3, -0.25) is 0 Å². The molecule has 1 N–H and O–H groups in total. The Morgan fingerprint density at radius 1 is 1.13 bits per heavy atom. The number of phenols is 1. The molecule has 116 valence electrons. The minimum Gasteiger partial charge on any atom is -0.506 e. The second-order valence-electron chi connectivity index (χ2n) is 5.03. The SMILES string of the molecule is CCOc1ccc(Br)cc1/C=C/c1ccc2cccc(O)c2n1. The van der Waals surface area contributed by atoms with Gasteiger partial charge in [-0.1, -0.05) is 34.1 Å². The summed E-state index contributed by atoms with van der Waals surface area (Å²) in [6.07, 6.45) is 3.88. The number of aromatic hydroxyl groups is 1. The van der Waals surface area contributed by atoms with Gasteiger partial charge >= 0.3 is 0 Å². The van der Waals surface area contributed by atoms with E-state index in [0.29, 0.717) is 12.1 Å². The van der Waals surface area contributed by atoms with Gasteiger partial charge in [-0.05, 0) is 49.4 Å². The molecule has 0 saturated heterocycles. The van der Waals surface area contributed by atoms with Gasteiger partial charge in [0.15, 0.2) is 0 Å². The first-order valence-corrected chi connectivity index (χ1v) is 8.16. The third kappa shape index (κ3) is 3.54. The van der Waals surface area contributed by atoms with E-state index in [0.717, 1.165) is 26.9 Å². The molecule has 1 aromatic heterocycles. The number of rotatable bonds is 4. The maximum absolute atomic E-state index is 9.92. The Hall–Kier alpha value is -2.33. The average molecular weight is 370 g/mol. The highest BCUT2D eigenvalue weighted by atomic mass is 79.9. The maximum atomic E-state index is 9.92. The predicted molar refractivity (Wildman–Crippen MR) is 97.6 cm³/mol. The van der Waals surface area contributed by atoms with Gasteiger partial charge in [-0.15, -0.1) is 0 Å². The topological polar surface area (TPSA) is 42.4 Å². The molecule has 0 atom stereocenters. The van der Waals surface area contributed by atoms with Crippen molar-refractivity contribution in [1.82, 2.24) is 4.98 Å². The first-order chi connectivity index (χ1) is 11.2. The van der Waals surface area contributed by atoms with Crippen LogP contribution in [0.4, 0.5) is 0 Å². The van der Waals surface area contributed by atoms with Gasteiger partial charge in [0.05, 0.1) is 12.3 Å². The van der Waals surface area contributed by atoms with Crippen LogP contribution in [0.5, 0.6) is 11.5 Å². The summed E-state index contributed by atoms with van der Waals surface area (Å²) in [5.74, 6) is 1.02. The molecule has 0 saturated carbocycles. The number of para-hydroxylation sites is 1.